The molecule has 0 atom stereocenters. The van der Waals surface area contributed by atoms with Crippen LogP contribution in [-0.4, -0.2) is 33.3 Å². The molecule has 4 nitrogen and oxygen atoms in total. The number of sulfone groups is 1. The van der Waals surface area contributed by atoms with Gasteiger partial charge in [-0.15, -0.1) is 0 Å². The summed E-state index contributed by atoms with van der Waals surface area (Å²) in [5.74, 6) is 0.184. The zero-order chi connectivity index (χ0) is 15.9. The summed E-state index contributed by atoms with van der Waals surface area (Å²) in [5, 5.41) is 0. The molecular formula is C16H28N2O2S. The molecule has 0 radical (unpaired) electrons. The van der Waals surface area contributed by atoms with Crippen molar-refractivity contribution in [1.82, 2.24) is 0 Å². The molecule has 21 heavy (non-hydrogen) atoms. The first-order valence-electron chi connectivity index (χ1n) is 7.80. The predicted molar refractivity (Wildman–Crippen MR) is 89.6 cm³/mol. The molecule has 2 N–H and O–H groups in total. The van der Waals surface area contributed by atoms with Crippen LogP contribution in [0.2, 0.25) is 0 Å². The van der Waals surface area contributed by atoms with Gasteiger partial charge >= 0.3 is 0 Å². The van der Waals surface area contributed by atoms with Gasteiger partial charge < -0.3 is 10.6 Å². The van der Waals surface area contributed by atoms with Crippen LogP contribution < -0.4 is 10.6 Å². The van der Waals surface area contributed by atoms with E-state index in [1.165, 1.54) is 0 Å². The lowest BCUT2D eigenvalue weighted by Gasteiger charge is -2.33. The quantitative estimate of drug-likeness (QED) is 0.761. The van der Waals surface area contributed by atoms with E-state index in [1.807, 2.05) is 19.1 Å². The summed E-state index contributed by atoms with van der Waals surface area (Å²) in [6, 6.07) is 7.61. The van der Waals surface area contributed by atoms with Crippen LogP contribution in [0.4, 0.5) is 5.69 Å². The fraction of sp³-hybridized carbons (Fsp3) is 0.625. The van der Waals surface area contributed by atoms with Gasteiger partial charge in [0, 0.05) is 19.1 Å². The van der Waals surface area contributed by atoms with E-state index < -0.39 is 9.84 Å². The molecule has 0 aliphatic rings. The Morgan fingerprint density at radius 3 is 2.29 bits per heavy atom. The Balaban J connectivity index is 3.32. The number of hydrogen-bond acceptors (Lipinski definition) is 4. The first kappa shape index (κ1) is 18.0. The average molecular weight is 312 g/mol. The van der Waals surface area contributed by atoms with E-state index in [4.69, 9.17) is 5.73 Å². The van der Waals surface area contributed by atoms with Gasteiger partial charge in [-0.1, -0.05) is 32.9 Å². The Kier molecular flexibility index (Phi) is 7.18. The van der Waals surface area contributed by atoms with Crippen LogP contribution in [0.1, 0.15) is 40.0 Å². The molecule has 1 aromatic rings. The molecule has 0 saturated carbocycles. The zero-order valence-electron chi connectivity index (χ0n) is 13.4. The van der Waals surface area contributed by atoms with Crippen LogP contribution >= 0.6 is 0 Å². The SMILES string of the molecule is CCCS(=O)(=O)c1ccccc1N(CCN)C(CC)CC. The van der Waals surface area contributed by atoms with Gasteiger partial charge in [-0.3, -0.25) is 0 Å². The smallest absolute Gasteiger partial charge is 0.180 e. The highest BCUT2D eigenvalue weighted by atomic mass is 32.2. The summed E-state index contributed by atoms with van der Waals surface area (Å²) in [4.78, 5) is 2.59. The molecule has 0 spiro atoms. The van der Waals surface area contributed by atoms with E-state index in [0.717, 1.165) is 18.5 Å². The van der Waals surface area contributed by atoms with Gasteiger partial charge in [-0.2, -0.15) is 0 Å². The predicted octanol–water partition coefficient (Wildman–Crippen LogP) is 2.82. The third-order valence-corrected chi connectivity index (χ3v) is 5.70. The Morgan fingerprint density at radius 1 is 1.14 bits per heavy atom. The van der Waals surface area contributed by atoms with Crippen LogP contribution in [0.5, 0.6) is 0 Å². The van der Waals surface area contributed by atoms with Crippen LogP contribution in [0, 0.1) is 0 Å². The lowest BCUT2D eigenvalue weighted by atomic mass is 10.1. The minimum absolute atomic E-state index is 0.184. The van der Waals surface area contributed by atoms with E-state index in [-0.39, 0.29) is 5.75 Å². The molecule has 0 bridgehead atoms. The minimum atomic E-state index is -3.24. The highest BCUT2D eigenvalue weighted by Crippen LogP contribution is 2.29. The largest absolute Gasteiger partial charge is 0.366 e. The number of anilines is 1. The van der Waals surface area contributed by atoms with Crippen molar-refractivity contribution in [3.8, 4) is 0 Å². The fourth-order valence-electron chi connectivity index (χ4n) is 2.70. The summed E-state index contributed by atoms with van der Waals surface area (Å²) < 4.78 is 25.0. The van der Waals surface area contributed by atoms with Crippen molar-refractivity contribution in [2.75, 3.05) is 23.7 Å². The second kappa shape index (κ2) is 8.39. The molecule has 0 saturated heterocycles. The normalized spacial score (nSPS) is 11.9. The van der Waals surface area contributed by atoms with Crippen molar-refractivity contribution in [1.29, 1.82) is 0 Å². The topological polar surface area (TPSA) is 63.4 Å². The van der Waals surface area contributed by atoms with E-state index in [2.05, 4.69) is 18.7 Å². The minimum Gasteiger partial charge on any atom is -0.366 e. The van der Waals surface area contributed by atoms with Crippen molar-refractivity contribution in [3.63, 3.8) is 0 Å². The van der Waals surface area contributed by atoms with Crippen LogP contribution in [-0.2, 0) is 9.84 Å². The molecule has 0 unspecified atom stereocenters. The van der Waals surface area contributed by atoms with E-state index in [1.54, 1.807) is 12.1 Å². The summed E-state index contributed by atoms with van der Waals surface area (Å²) >= 11 is 0. The monoisotopic (exact) mass is 312 g/mol. The van der Waals surface area contributed by atoms with Crippen molar-refractivity contribution in [2.24, 2.45) is 5.73 Å². The molecule has 0 amide bonds. The summed E-state index contributed by atoms with van der Waals surface area (Å²) in [6.45, 7) is 7.32. The third-order valence-electron chi connectivity index (χ3n) is 3.74. The van der Waals surface area contributed by atoms with E-state index in [0.29, 0.717) is 30.4 Å². The van der Waals surface area contributed by atoms with Gasteiger partial charge in [0.1, 0.15) is 0 Å². The van der Waals surface area contributed by atoms with Crippen molar-refractivity contribution >= 4 is 15.5 Å². The maximum absolute atomic E-state index is 12.5. The van der Waals surface area contributed by atoms with Crippen molar-refractivity contribution in [3.05, 3.63) is 24.3 Å². The summed E-state index contributed by atoms with van der Waals surface area (Å²) in [5.41, 5.74) is 6.54. The van der Waals surface area contributed by atoms with Crippen LogP contribution in [0.15, 0.2) is 29.2 Å². The summed E-state index contributed by atoms with van der Waals surface area (Å²) in [7, 11) is -3.24. The third kappa shape index (κ3) is 4.45. The molecular weight excluding hydrogens is 284 g/mol. The van der Waals surface area contributed by atoms with Gasteiger partial charge in [0.05, 0.1) is 16.3 Å². The van der Waals surface area contributed by atoms with Crippen LogP contribution in [0.25, 0.3) is 0 Å². The number of para-hydroxylation sites is 1. The van der Waals surface area contributed by atoms with E-state index >= 15 is 0 Å². The first-order chi connectivity index (χ1) is 10.0. The van der Waals surface area contributed by atoms with Gasteiger partial charge in [0.25, 0.3) is 0 Å². The number of nitrogens with two attached hydrogens (primary N) is 1. The standard InChI is InChI=1S/C16H28N2O2S/c1-4-13-21(19,20)16-10-8-7-9-15(16)18(12-11-17)14(5-2)6-3/h7-10,14H,4-6,11-13,17H2,1-3H3. The second-order valence-corrected chi connectivity index (χ2v) is 7.32. The van der Waals surface area contributed by atoms with Gasteiger partial charge in [-0.05, 0) is 31.4 Å². The first-order valence-corrected chi connectivity index (χ1v) is 9.45. The highest BCUT2D eigenvalue weighted by molar-refractivity contribution is 7.91. The molecule has 0 aliphatic heterocycles. The Bertz CT molecular complexity index is 525. The van der Waals surface area contributed by atoms with Gasteiger partial charge in [0.15, 0.2) is 9.84 Å². The maximum Gasteiger partial charge on any atom is 0.180 e. The molecule has 120 valence electrons. The van der Waals surface area contributed by atoms with Gasteiger partial charge in [-0.25, -0.2) is 8.42 Å². The number of nitrogens with zero attached hydrogens (tertiary/aromatic N) is 1. The number of hydrogen-bond donors (Lipinski definition) is 1. The zero-order valence-corrected chi connectivity index (χ0v) is 14.2. The molecule has 0 heterocycles. The van der Waals surface area contributed by atoms with Crippen molar-refractivity contribution < 1.29 is 8.42 Å². The Morgan fingerprint density at radius 2 is 1.76 bits per heavy atom. The molecule has 5 heteroatoms. The lowest BCUT2D eigenvalue weighted by Crippen LogP contribution is -2.39. The molecule has 0 aliphatic carbocycles. The molecule has 0 aromatic heterocycles. The molecule has 0 fully saturated rings. The highest BCUT2D eigenvalue weighted by Gasteiger charge is 2.23. The number of rotatable bonds is 9. The van der Waals surface area contributed by atoms with Crippen molar-refractivity contribution in [2.45, 2.75) is 51.0 Å². The Hall–Kier alpha value is -1.07. The lowest BCUT2D eigenvalue weighted by molar-refractivity contribution is 0.553. The Labute approximate surface area is 129 Å². The number of benzene rings is 1. The second-order valence-electron chi connectivity index (χ2n) is 5.24. The fourth-order valence-corrected chi connectivity index (χ4v) is 4.25. The summed E-state index contributed by atoms with van der Waals surface area (Å²) in [6.07, 6.45) is 2.57. The maximum atomic E-state index is 12.5. The van der Waals surface area contributed by atoms with E-state index in [9.17, 15) is 8.42 Å². The van der Waals surface area contributed by atoms with Crippen LogP contribution in [0.3, 0.4) is 0 Å². The average Bonchev–Trinajstić information content (AvgIpc) is 2.47. The molecule has 1 aromatic carbocycles. The van der Waals surface area contributed by atoms with Gasteiger partial charge in [0.2, 0.25) is 0 Å². The molecule has 1 rings (SSSR count).